The highest BCUT2D eigenvalue weighted by atomic mass is 16.3. The fourth-order valence-corrected chi connectivity index (χ4v) is 1.82. The van der Waals surface area contributed by atoms with E-state index in [1.807, 2.05) is 6.08 Å². The number of hydrogen-bond donors (Lipinski definition) is 2. The molecule has 13 heavy (non-hydrogen) atoms. The summed E-state index contributed by atoms with van der Waals surface area (Å²) >= 11 is 0. The van der Waals surface area contributed by atoms with Crippen molar-refractivity contribution in [2.45, 2.75) is 51.2 Å². The SMILES string of the molecule is CCCC[C@H]1C=CC[C@H](O)C[C@H]1O. The molecule has 0 aromatic rings. The average molecular weight is 184 g/mol. The van der Waals surface area contributed by atoms with Crippen LogP contribution in [-0.2, 0) is 0 Å². The number of aliphatic hydroxyl groups excluding tert-OH is 2. The molecular formula is C11H20O2. The van der Waals surface area contributed by atoms with E-state index >= 15 is 0 Å². The van der Waals surface area contributed by atoms with E-state index < -0.39 is 0 Å². The van der Waals surface area contributed by atoms with Gasteiger partial charge in [-0.3, -0.25) is 0 Å². The topological polar surface area (TPSA) is 40.5 Å². The molecule has 2 nitrogen and oxygen atoms in total. The van der Waals surface area contributed by atoms with Gasteiger partial charge in [0.1, 0.15) is 0 Å². The van der Waals surface area contributed by atoms with Crippen molar-refractivity contribution in [1.82, 2.24) is 0 Å². The number of hydrogen-bond acceptors (Lipinski definition) is 2. The quantitative estimate of drug-likeness (QED) is 0.657. The van der Waals surface area contributed by atoms with Gasteiger partial charge in [0.05, 0.1) is 12.2 Å². The number of unbranched alkanes of at least 4 members (excludes halogenated alkanes) is 1. The summed E-state index contributed by atoms with van der Waals surface area (Å²) in [6, 6.07) is 0. The van der Waals surface area contributed by atoms with Crippen LogP contribution in [0.1, 0.15) is 39.0 Å². The van der Waals surface area contributed by atoms with Crippen LogP contribution in [0.2, 0.25) is 0 Å². The maximum Gasteiger partial charge on any atom is 0.0627 e. The van der Waals surface area contributed by atoms with E-state index in [0.29, 0.717) is 12.8 Å². The highest BCUT2D eigenvalue weighted by molar-refractivity contribution is 4.97. The molecule has 0 saturated heterocycles. The Morgan fingerprint density at radius 2 is 2.15 bits per heavy atom. The van der Waals surface area contributed by atoms with E-state index in [-0.39, 0.29) is 18.1 Å². The molecule has 0 aliphatic heterocycles. The molecule has 0 heterocycles. The first-order valence-electron chi connectivity index (χ1n) is 5.26. The minimum absolute atomic E-state index is 0.261. The molecule has 0 spiro atoms. The predicted octanol–water partition coefficient (Wildman–Crippen LogP) is 1.86. The fraction of sp³-hybridized carbons (Fsp3) is 0.818. The molecule has 0 fully saturated rings. The molecule has 1 aliphatic carbocycles. The molecule has 0 aromatic carbocycles. The van der Waals surface area contributed by atoms with Gasteiger partial charge >= 0.3 is 0 Å². The van der Waals surface area contributed by atoms with Crippen LogP contribution in [0.25, 0.3) is 0 Å². The van der Waals surface area contributed by atoms with Gasteiger partial charge in [-0.15, -0.1) is 0 Å². The van der Waals surface area contributed by atoms with E-state index in [4.69, 9.17) is 0 Å². The molecule has 0 radical (unpaired) electrons. The van der Waals surface area contributed by atoms with Crippen molar-refractivity contribution >= 4 is 0 Å². The lowest BCUT2D eigenvalue weighted by atomic mass is 9.94. The Bertz CT molecular complexity index is 165. The van der Waals surface area contributed by atoms with Crippen LogP contribution < -0.4 is 0 Å². The molecule has 3 atom stereocenters. The second kappa shape index (κ2) is 5.40. The Labute approximate surface area is 80.3 Å². The van der Waals surface area contributed by atoms with Gasteiger partial charge in [-0.2, -0.15) is 0 Å². The van der Waals surface area contributed by atoms with Gasteiger partial charge in [0.2, 0.25) is 0 Å². The molecule has 0 amide bonds. The molecule has 0 saturated carbocycles. The van der Waals surface area contributed by atoms with Crippen molar-refractivity contribution in [3.8, 4) is 0 Å². The number of rotatable bonds is 3. The average Bonchev–Trinajstić information content (AvgIpc) is 2.24. The van der Waals surface area contributed by atoms with Gasteiger partial charge in [-0.05, 0) is 12.8 Å². The van der Waals surface area contributed by atoms with Crippen molar-refractivity contribution in [2.24, 2.45) is 5.92 Å². The first-order chi connectivity index (χ1) is 6.24. The van der Waals surface area contributed by atoms with Crippen LogP contribution in [0.5, 0.6) is 0 Å². The summed E-state index contributed by atoms with van der Waals surface area (Å²) in [5, 5.41) is 19.1. The van der Waals surface area contributed by atoms with E-state index in [1.165, 1.54) is 6.42 Å². The third-order valence-corrected chi connectivity index (χ3v) is 2.69. The summed E-state index contributed by atoms with van der Waals surface area (Å²) in [6.45, 7) is 2.15. The zero-order chi connectivity index (χ0) is 9.68. The van der Waals surface area contributed by atoms with Gasteiger partial charge in [0.25, 0.3) is 0 Å². The van der Waals surface area contributed by atoms with Crippen LogP contribution in [0, 0.1) is 5.92 Å². The molecule has 1 rings (SSSR count). The third kappa shape index (κ3) is 3.49. The monoisotopic (exact) mass is 184 g/mol. The second-order valence-electron chi connectivity index (χ2n) is 3.93. The van der Waals surface area contributed by atoms with Gasteiger partial charge < -0.3 is 10.2 Å². The van der Waals surface area contributed by atoms with E-state index in [0.717, 1.165) is 12.8 Å². The largest absolute Gasteiger partial charge is 0.393 e. The minimum Gasteiger partial charge on any atom is -0.393 e. The lowest BCUT2D eigenvalue weighted by Crippen LogP contribution is -2.22. The molecule has 1 aliphatic rings. The second-order valence-corrected chi connectivity index (χ2v) is 3.93. The molecule has 0 bridgehead atoms. The van der Waals surface area contributed by atoms with Crippen molar-refractivity contribution in [3.63, 3.8) is 0 Å². The van der Waals surface area contributed by atoms with Gasteiger partial charge in [0.15, 0.2) is 0 Å². The first-order valence-corrected chi connectivity index (χ1v) is 5.26. The van der Waals surface area contributed by atoms with Gasteiger partial charge in [-0.25, -0.2) is 0 Å². The Morgan fingerprint density at radius 1 is 1.38 bits per heavy atom. The highest BCUT2D eigenvalue weighted by Crippen LogP contribution is 2.22. The van der Waals surface area contributed by atoms with Crippen LogP contribution >= 0.6 is 0 Å². The predicted molar refractivity (Wildman–Crippen MR) is 53.4 cm³/mol. The van der Waals surface area contributed by atoms with Crippen molar-refractivity contribution < 1.29 is 10.2 Å². The summed E-state index contributed by atoms with van der Waals surface area (Å²) in [5.41, 5.74) is 0. The number of aliphatic hydroxyl groups is 2. The summed E-state index contributed by atoms with van der Waals surface area (Å²) in [5.74, 6) is 0.261. The summed E-state index contributed by atoms with van der Waals surface area (Å²) in [7, 11) is 0. The third-order valence-electron chi connectivity index (χ3n) is 2.69. The molecule has 2 heteroatoms. The molecule has 0 unspecified atom stereocenters. The summed E-state index contributed by atoms with van der Waals surface area (Å²) in [6.07, 6.45) is 7.96. The van der Waals surface area contributed by atoms with Crippen molar-refractivity contribution in [2.75, 3.05) is 0 Å². The zero-order valence-electron chi connectivity index (χ0n) is 8.32. The van der Waals surface area contributed by atoms with Crippen molar-refractivity contribution in [3.05, 3.63) is 12.2 Å². The Hall–Kier alpha value is -0.340. The molecule has 2 N–H and O–H groups in total. The van der Waals surface area contributed by atoms with Gasteiger partial charge in [-0.1, -0.05) is 31.9 Å². The Morgan fingerprint density at radius 3 is 2.85 bits per heavy atom. The van der Waals surface area contributed by atoms with Crippen LogP contribution in [-0.4, -0.2) is 22.4 Å². The van der Waals surface area contributed by atoms with Crippen LogP contribution in [0.3, 0.4) is 0 Å². The first kappa shape index (κ1) is 10.7. The standard InChI is InChI=1S/C11H20O2/c1-2-3-5-9-6-4-7-10(12)8-11(9)13/h4,6,9-13H,2-3,5,7-8H2,1H3/t9-,10-,11+/m0/s1. The summed E-state index contributed by atoms with van der Waals surface area (Å²) < 4.78 is 0. The zero-order valence-corrected chi connectivity index (χ0v) is 8.32. The van der Waals surface area contributed by atoms with Crippen LogP contribution in [0.15, 0.2) is 12.2 Å². The smallest absolute Gasteiger partial charge is 0.0627 e. The van der Waals surface area contributed by atoms with Gasteiger partial charge in [0, 0.05) is 12.3 Å². The normalized spacial score (nSPS) is 34.5. The molecule has 76 valence electrons. The lowest BCUT2D eigenvalue weighted by Gasteiger charge is -2.18. The van der Waals surface area contributed by atoms with Crippen LogP contribution in [0.4, 0.5) is 0 Å². The highest BCUT2D eigenvalue weighted by Gasteiger charge is 2.21. The van der Waals surface area contributed by atoms with E-state index in [1.54, 1.807) is 0 Å². The Balaban J connectivity index is 2.42. The van der Waals surface area contributed by atoms with Crippen molar-refractivity contribution in [1.29, 1.82) is 0 Å². The lowest BCUT2D eigenvalue weighted by molar-refractivity contribution is 0.0600. The molecular weight excluding hydrogens is 164 g/mol. The maximum absolute atomic E-state index is 9.73. The van der Waals surface area contributed by atoms with E-state index in [2.05, 4.69) is 13.0 Å². The Kier molecular flexibility index (Phi) is 4.46. The van der Waals surface area contributed by atoms with E-state index in [9.17, 15) is 10.2 Å². The summed E-state index contributed by atoms with van der Waals surface area (Å²) in [4.78, 5) is 0. The maximum atomic E-state index is 9.73. The fourth-order valence-electron chi connectivity index (χ4n) is 1.82. The minimum atomic E-state index is -0.349. The molecule has 0 aromatic heterocycles.